The van der Waals surface area contributed by atoms with Crippen molar-refractivity contribution in [3.8, 4) is 12.3 Å². The Kier molecular flexibility index (Phi) is 3.99. The molecule has 1 aliphatic carbocycles. The molecule has 1 aliphatic rings. The molecule has 0 unspecified atom stereocenters. The number of carbonyl (C=O) groups is 1. The Hall–Kier alpha value is -2.42. The van der Waals surface area contributed by atoms with Crippen LogP contribution in [0.15, 0.2) is 18.2 Å². The fourth-order valence-electron chi connectivity index (χ4n) is 1.90. The van der Waals surface area contributed by atoms with Crippen LogP contribution in [0.2, 0.25) is 0 Å². The Bertz CT molecular complexity index is 591. The number of halogens is 1. The predicted octanol–water partition coefficient (Wildman–Crippen LogP) is 2.22. The van der Waals surface area contributed by atoms with Gasteiger partial charge in [0.2, 0.25) is 0 Å². The zero-order valence-electron chi connectivity index (χ0n) is 10.7. The van der Waals surface area contributed by atoms with Crippen molar-refractivity contribution in [2.75, 3.05) is 13.1 Å². The highest BCUT2D eigenvalue weighted by atomic mass is 19.1. The van der Waals surface area contributed by atoms with Crippen molar-refractivity contribution in [2.24, 2.45) is 5.92 Å². The second-order valence-electron chi connectivity index (χ2n) is 4.75. The van der Waals surface area contributed by atoms with Gasteiger partial charge in [-0.1, -0.05) is 5.92 Å². The monoisotopic (exact) mass is 276 g/mol. The molecule has 0 atom stereocenters. The number of nitro benzene ring substituents is 1. The predicted molar refractivity (Wildman–Crippen MR) is 70.5 cm³/mol. The minimum Gasteiger partial charge on any atom is -0.327 e. The van der Waals surface area contributed by atoms with Gasteiger partial charge in [-0.3, -0.25) is 14.9 Å². The van der Waals surface area contributed by atoms with E-state index in [4.69, 9.17) is 6.42 Å². The van der Waals surface area contributed by atoms with Crippen molar-refractivity contribution in [1.29, 1.82) is 0 Å². The first kappa shape index (κ1) is 14.0. The van der Waals surface area contributed by atoms with Gasteiger partial charge in [-0.05, 0) is 24.8 Å². The molecule has 1 aromatic carbocycles. The van der Waals surface area contributed by atoms with E-state index >= 15 is 0 Å². The first-order valence-electron chi connectivity index (χ1n) is 6.19. The van der Waals surface area contributed by atoms with E-state index in [1.54, 1.807) is 0 Å². The lowest BCUT2D eigenvalue weighted by atomic mass is 10.1. The molecule has 0 spiro atoms. The third kappa shape index (κ3) is 3.12. The normalized spacial score (nSPS) is 13.6. The minimum atomic E-state index is -0.779. The number of hydrogen-bond donors (Lipinski definition) is 0. The van der Waals surface area contributed by atoms with E-state index in [1.165, 1.54) is 4.90 Å². The van der Waals surface area contributed by atoms with Crippen molar-refractivity contribution in [2.45, 2.75) is 12.8 Å². The standard InChI is InChI=1S/C14H13FN2O3/c1-2-7-16(9-10-3-4-10)14(18)12-8-11(17(19)20)5-6-13(12)15/h1,5-6,8,10H,3-4,7,9H2. The summed E-state index contributed by atoms with van der Waals surface area (Å²) in [6.07, 6.45) is 7.25. The number of carbonyl (C=O) groups excluding carboxylic acids is 1. The molecule has 6 heteroatoms. The number of nitrogens with zero attached hydrogens (tertiary/aromatic N) is 2. The number of non-ortho nitro benzene ring substituents is 1. The summed E-state index contributed by atoms with van der Waals surface area (Å²) in [6, 6.07) is 2.91. The fourth-order valence-corrected chi connectivity index (χ4v) is 1.90. The number of nitro groups is 1. The van der Waals surface area contributed by atoms with Gasteiger partial charge in [0.25, 0.3) is 11.6 Å². The third-order valence-electron chi connectivity index (χ3n) is 3.14. The van der Waals surface area contributed by atoms with E-state index in [0.29, 0.717) is 12.5 Å². The molecule has 5 nitrogen and oxygen atoms in total. The lowest BCUT2D eigenvalue weighted by molar-refractivity contribution is -0.384. The molecule has 0 aliphatic heterocycles. The lowest BCUT2D eigenvalue weighted by Crippen LogP contribution is -2.33. The van der Waals surface area contributed by atoms with Gasteiger partial charge < -0.3 is 4.90 Å². The molecule has 1 fully saturated rings. The van der Waals surface area contributed by atoms with Crippen LogP contribution in [-0.2, 0) is 0 Å². The summed E-state index contributed by atoms with van der Waals surface area (Å²) in [5, 5.41) is 10.7. The molecule has 104 valence electrons. The van der Waals surface area contributed by atoms with Crippen LogP contribution in [0, 0.1) is 34.2 Å². The fraction of sp³-hybridized carbons (Fsp3) is 0.357. The van der Waals surface area contributed by atoms with Gasteiger partial charge in [-0.15, -0.1) is 6.42 Å². The van der Waals surface area contributed by atoms with Crippen LogP contribution in [0.5, 0.6) is 0 Å². The average Bonchev–Trinajstić information content (AvgIpc) is 3.21. The molecule has 1 amide bonds. The van der Waals surface area contributed by atoms with Crippen LogP contribution in [-0.4, -0.2) is 28.8 Å². The van der Waals surface area contributed by atoms with Crippen molar-refractivity contribution in [3.63, 3.8) is 0 Å². The van der Waals surface area contributed by atoms with Gasteiger partial charge in [0, 0.05) is 18.7 Å². The average molecular weight is 276 g/mol. The molecule has 0 saturated heterocycles. The third-order valence-corrected chi connectivity index (χ3v) is 3.14. The maximum absolute atomic E-state index is 13.7. The maximum Gasteiger partial charge on any atom is 0.270 e. The molecule has 0 radical (unpaired) electrons. The second-order valence-corrected chi connectivity index (χ2v) is 4.75. The summed E-state index contributed by atoms with van der Waals surface area (Å²) in [7, 11) is 0. The van der Waals surface area contributed by atoms with Gasteiger partial charge in [-0.2, -0.15) is 0 Å². The quantitative estimate of drug-likeness (QED) is 0.470. The Morgan fingerprint density at radius 2 is 2.25 bits per heavy atom. The molecule has 2 rings (SSSR count). The highest BCUT2D eigenvalue weighted by Crippen LogP contribution is 2.30. The first-order valence-corrected chi connectivity index (χ1v) is 6.19. The van der Waals surface area contributed by atoms with E-state index in [-0.39, 0.29) is 17.8 Å². The van der Waals surface area contributed by atoms with Gasteiger partial charge >= 0.3 is 0 Å². The van der Waals surface area contributed by atoms with Gasteiger partial charge in [0.05, 0.1) is 17.0 Å². The van der Waals surface area contributed by atoms with Crippen LogP contribution in [0.1, 0.15) is 23.2 Å². The van der Waals surface area contributed by atoms with E-state index in [9.17, 15) is 19.3 Å². The molecule has 1 aromatic rings. The summed E-state index contributed by atoms with van der Waals surface area (Å²) >= 11 is 0. The highest BCUT2D eigenvalue weighted by Gasteiger charge is 2.28. The van der Waals surface area contributed by atoms with E-state index in [0.717, 1.165) is 31.0 Å². The molecular formula is C14H13FN2O3. The highest BCUT2D eigenvalue weighted by molar-refractivity contribution is 5.95. The Labute approximate surface area is 115 Å². The van der Waals surface area contributed by atoms with Crippen molar-refractivity contribution in [1.82, 2.24) is 4.90 Å². The number of benzene rings is 1. The second kappa shape index (κ2) is 5.70. The first-order chi connectivity index (χ1) is 9.52. The Balaban J connectivity index is 2.27. The topological polar surface area (TPSA) is 63.5 Å². The zero-order chi connectivity index (χ0) is 14.7. The van der Waals surface area contributed by atoms with Gasteiger partial charge in [-0.25, -0.2) is 4.39 Å². The van der Waals surface area contributed by atoms with E-state index < -0.39 is 16.6 Å². The van der Waals surface area contributed by atoms with Crippen LogP contribution in [0.25, 0.3) is 0 Å². The van der Waals surface area contributed by atoms with Crippen LogP contribution in [0.4, 0.5) is 10.1 Å². The minimum absolute atomic E-state index is 0.0669. The van der Waals surface area contributed by atoms with E-state index in [2.05, 4.69) is 5.92 Å². The smallest absolute Gasteiger partial charge is 0.270 e. The summed E-state index contributed by atoms with van der Waals surface area (Å²) < 4.78 is 13.7. The molecule has 0 bridgehead atoms. The summed E-state index contributed by atoms with van der Waals surface area (Å²) in [6.45, 7) is 0.530. The van der Waals surface area contributed by atoms with Gasteiger partial charge in [0.15, 0.2) is 0 Å². The zero-order valence-corrected chi connectivity index (χ0v) is 10.7. The van der Waals surface area contributed by atoms with Crippen LogP contribution in [0.3, 0.4) is 0 Å². The summed E-state index contributed by atoms with van der Waals surface area (Å²) in [5.74, 6) is 1.37. The number of amides is 1. The Morgan fingerprint density at radius 1 is 1.55 bits per heavy atom. The Morgan fingerprint density at radius 3 is 2.80 bits per heavy atom. The number of terminal acetylenes is 1. The molecule has 1 saturated carbocycles. The van der Waals surface area contributed by atoms with Crippen molar-refractivity contribution >= 4 is 11.6 Å². The lowest BCUT2D eigenvalue weighted by Gasteiger charge is -2.20. The van der Waals surface area contributed by atoms with Crippen LogP contribution >= 0.6 is 0 Å². The molecule has 0 N–H and O–H groups in total. The molecule has 0 heterocycles. The van der Waals surface area contributed by atoms with E-state index in [1.807, 2.05) is 0 Å². The molecular weight excluding hydrogens is 263 g/mol. The maximum atomic E-state index is 13.7. The number of rotatable bonds is 5. The molecule has 20 heavy (non-hydrogen) atoms. The largest absolute Gasteiger partial charge is 0.327 e. The SMILES string of the molecule is C#CCN(CC1CC1)C(=O)c1cc([N+](=O)[O-])ccc1F. The van der Waals surface area contributed by atoms with Crippen molar-refractivity contribution < 1.29 is 14.1 Å². The number of hydrogen-bond acceptors (Lipinski definition) is 3. The summed E-state index contributed by atoms with van der Waals surface area (Å²) in [4.78, 5) is 23.7. The van der Waals surface area contributed by atoms with Crippen molar-refractivity contribution in [3.05, 3.63) is 39.7 Å². The molecule has 0 aromatic heterocycles. The van der Waals surface area contributed by atoms with Crippen LogP contribution < -0.4 is 0 Å². The summed E-state index contributed by atoms with van der Waals surface area (Å²) in [5.41, 5.74) is -0.628. The van der Waals surface area contributed by atoms with Gasteiger partial charge in [0.1, 0.15) is 5.82 Å².